The van der Waals surface area contributed by atoms with Gasteiger partial charge in [0.15, 0.2) is 5.13 Å². The molecule has 0 fully saturated rings. The number of benzene rings is 1. The summed E-state index contributed by atoms with van der Waals surface area (Å²) >= 11 is 1.11. The Morgan fingerprint density at radius 3 is 2.57 bits per heavy atom. The first-order valence-corrected chi connectivity index (χ1v) is 7.08. The molecule has 0 saturated carbocycles. The van der Waals surface area contributed by atoms with E-state index >= 15 is 0 Å². The Bertz CT molecular complexity index is 667. The summed E-state index contributed by atoms with van der Waals surface area (Å²) in [4.78, 5) is 27.1. The normalized spacial score (nSPS) is 10.4. The lowest BCUT2D eigenvalue weighted by molar-refractivity contribution is -0.136. The van der Waals surface area contributed by atoms with Crippen molar-refractivity contribution in [2.24, 2.45) is 0 Å². The summed E-state index contributed by atoms with van der Waals surface area (Å²) in [7, 11) is 0. The fourth-order valence-corrected chi connectivity index (χ4v) is 2.69. The van der Waals surface area contributed by atoms with Crippen molar-refractivity contribution in [1.82, 2.24) is 4.98 Å². The summed E-state index contributed by atoms with van der Waals surface area (Å²) in [5.41, 5.74) is 1.06. The van der Waals surface area contributed by atoms with E-state index in [1.807, 2.05) is 0 Å². The number of nitrogens with one attached hydrogen (secondary N) is 1. The highest BCUT2D eigenvalue weighted by Gasteiger charge is 2.16. The van der Waals surface area contributed by atoms with Gasteiger partial charge in [0.05, 0.1) is 12.1 Å². The van der Waals surface area contributed by atoms with Crippen LogP contribution in [0.25, 0.3) is 11.3 Å². The van der Waals surface area contributed by atoms with E-state index in [0.717, 1.165) is 11.3 Å². The van der Waals surface area contributed by atoms with Crippen LogP contribution in [-0.4, -0.2) is 22.0 Å². The van der Waals surface area contributed by atoms with E-state index in [1.165, 1.54) is 24.3 Å². The standard InChI is InChI=1S/C14H13FN2O3S/c1-2-11(18)16-14-17-13(10(21-14)7-12(19)20)8-3-5-9(15)6-4-8/h3-6H,2,7H2,1H3,(H,19,20)(H,16,17,18). The molecule has 7 heteroatoms. The fraction of sp³-hybridized carbons (Fsp3) is 0.214. The number of aliphatic carboxylic acids is 1. The van der Waals surface area contributed by atoms with E-state index in [4.69, 9.17) is 5.11 Å². The lowest BCUT2D eigenvalue weighted by atomic mass is 10.1. The van der Waals surface area contributed by atoms with Crippen LogP contribution in [0.4, 0.5) is 9.52 Å². The molecule has 0 aliphatic rings. The van der Waals surface area contributed by atoms with Crippen molar-refractivity contribution in [2.45, 2.75) is 19.8 Å². The maximum absolute atomic E-state index is 13.0. The molecule has 0 aliphatic heterocycles. The lowest BCUT2D eigenvalue weighted by Crippen LogP contribution is -2.08. The second kappa shape index (κ2) is 6.45. The van der Waals surface area contributed by atoms with E-state index in [1.54, 1.807) is 6.92 Å². The summed E-state index contributed by atoms with van der Waals surface area (Å²) in [5.74, 6) is -1.57. The molecule has 1 amide bonds. The maximum atomic E-state index is 13.0. The number of carboxylic acids is 1. The molecule has 110 valence electrons. The second-order valence-electron chi connectivity index (χ2n) is 4.27. The van der Waals surface area contributed by atoms with Gasteiger partial charge in [0, 0.05) is 16.9 Å². The van der Waals surface area contributed by atoms with Crippen LogP contribution in [0, 0.1) is 5.82 Å². The molecular weight excluding hydrogens is 295 g/mol. The Hall–Kier alpha value is -2.28. The quantitative estimate of drug-likeness (QED) is 0.890. The van der Waals surface area contributed by atoms with Gasteiger partial charge in [0.25, 0.3) is 0 Å². The van der Waals surface area contributed by atoms with E-state index in [0.29, 0.717) is 27.7 Å². The maximum Gasteiger partial charge on any atom is 0.308 e. The first-order valence-electron chi connectivity index (χ1n) is 6.27. The molecule has 1 aromatic heterocycles. The number of anilines is 1. The molecule has 0 atom stereocenters. The Labute approximate surface area is 124 Å². The minimum absolute atomic E-state index is 0.198. The van der Waals surface area contributed by atoms with Gasteiger partial charge in [-0.2, -0.15) is 0 Å². The highest BCUT2D eigenvalue weighted by molar-refractivity contribution is 7.16. The zero-order valence-electron chi connectivity index (χ0n) is 11.2. The largest absolute Gasteiger partial charge is 0.481 e. The number of carbonyl (C=O) groups is 2. The summed E-state index contributed by atoms with van der Waals surface area (Å²) in [6.45, 7) is 1.71. The smallest absolute Gasteiger partial charge is 0.308 e. The molecule has 0 saturated heterocycles. The van der Waals surface area contributed by atoms with Crippen LogP contribution in [0.3, 0.4) is 0 Å². The van der Waals surface area contributed by atoms with E-state index in [9.17, 15) is 14.0 Å². The predicted molar refractivity (Wildman–Crippen MR) is 77.8 cm³/mol. The molecule has 21 heavy (non-hydrogen) atoms. The third kappa shape index (κ3) is 3.85. The molecule has 5 nitrogen and oxygen atoms in total. The Balaban J connectivity index is 2.39. The third-order valence-corrected chi connectivity index (χ3v) is 3.67. The molecule has 2 aromatic rings. The number of carbonyl (C=O) groups excluding carboxylic acids is 1. The van der Waals surface area contributed by atoms with Gasteiger partial charge in [-0.15, -0.1) is 11.3 Å². The molecule has 0 radical (unpaired) electrons. The van der Waals surface area contributed by atoms with Crippen LogP contribution < -0.4 is 5.32 Å². The SMILES string of the molecule is CCC(=O)Nc1nc(-c2ccc(F)cc2)c(CC(=O)O)s1. The number of nitrogens with zero attached hydrogens (tertiary/aromatic N) is 1. The minimum atomic E-state index is -0.990. The number of hydrogen-bond donors (Lipinski definition) is 2. The first-order chi connectivity index (χ1) is 9.99. The average Bonchev–Trinajstić information content (AvgIpc) is 2.81. The van der Waals surface area contributed by atoms with Crippen molar-refractivity contribution >= 4 is 28.3 Å². The van der Waals surface area contributed by atoms with Crippen molar-refractivity contribution < 1.29 is 19.1 Å². The Morgan fingerprint density at radius 2 is 2.00 bits per heavy atom. The van der Waals surface area contributed by atoms with Crippen molar-refractivity contribution in [3.05, 3.63) is 35.0 Å². The zero-order valence-corrected chi connectivity index (χ0v) is 12.0. The summed E-state index contributed by atoms with van der Waals surface area (Å²) < 4.78 is 13.0. The van der Waals surface area contributed by atoms with Crippen LogP contribution in [0.5, 0.6) is 0 Å². The van der Waals surface area contributed by atoms with E-state index in [2.05, 4.69) is 10.3 Å². The van der Waals surface area contributed by atoms with Gasteiger partial charge < -0.3 is 10.4 Å². The molecule has 2 N–H and O–H groups in total. The molecule has 0 aliphatic carbocycles. The van der Waals surface area contributed by atoms with Gasteiger partial charge in [0.1, 0.15) is 5.82 Å². The molecule has 1 heterocycles. The molecule has 0 spiro atoms. The van der Waals surface area contributed by atoms with Crippen LogP contribution in [-0.2, 0) is 16.0 Å². The van der Waals surface area contributed by atoms with Crippen LogP contribution >= 0.6 is 11.3 Å². The van der Waals surface area contributed by atoms with Gasteiger partial charge in [-0.1, -0.05) is 6.92 Å². The van der Waals surface area contributed by atoms with Gasteiger partial charge in [-0.05, 0) is 24.3 Å². The number of halogens is 1. The van der Waals surface area contributed by atoms with Crippen molar-refractivity contribution in [1.29, 1.82) is 0 Å². The second-order valence-corrected chi connectivity index (χ2v) is 5.35. The summed E-state index contributed by atoms with van der Waals surface area (Å²) in [6.07, 6.45) is 0.103. The predicted octanol–water partition coefficient (Wildman–Crippen LogP) is 2.92. The molecule has 0 bridgehead atoms. The fourth-order valence-electron chi connectivity index (χ4n) is 1.70. The summed E-state index contributed by atoms with van der Waals surface area (Å²) in [6, 6.07) is 5.62. The van der Waals surface area contributed by atoms with Gasteiger partial charge in [-0.25, -0.2) is 9.37 Å². The van der Waals surface area contributed by atoms with Crippen molar-refractivity contribution in [3.63, 3.8) is 0 Å². The number of hydrogen-bond acceptors (Lipinski definition) is 4. The number of aromatic nitrogens is 1. The van der Waals surface area contributed by atoms with Gasteiger partial charge >= 0.3 is 5.97 Å². The molecule has 1 aromatic carbocycles. The number of carboxylic acid groups (broad SMARTS) is 1. The zero-order chi connectivity index (χ0) is 15.4. The molecular formula is C14H13FN2O3S. The van der Waals surface area contributed by atoms with Crippen LogP contribution in [0.1, 0.15) is 18.2 Å². The van der Waals surface area contributed by atoms with Gasteiger partial charge in [-0.3, -0.25) is 9.59 Å². The minimum Gasteiger partial charge on any atom is -0.481 e. The molecule has 2 rings (SSSR count). The first kappa shape index (κ1) is 15.1. The average molecular weight is 308 g/mol. The topological polar surface area (TPSA) is 79.3 Å². The van der Waals surface area contributed by atoms with Gasteiger partial charge in [0.2, 0.25) is 5.91 Å². The highest BCUT2D eigenvalue weighted by Crippen LogP contribution is 2.31. The molecule has 0 unspecified atom stereocenters. The number of rotatable bonds is 5. The van der Waals surface area contributed by atoms with E-state index < -0.39 is 5.97 Å². The highest BCUT2D eigenvalue weighted by atomic mass is 32.1. The lowest BCUT2D eigenvalue weighted by Gasteiger charge is -2.00. The number of amides is 1. The Kier molecular flexibility index (Phi) is 4.64. The van der Waals surface area contributed by atoms with E-state index in [-0.39, 0.29) is 18.1 Å². The van der Waals surface area contributed by atoms with Crippen LogP contribution in [0.2, 0.25) is 0 Å². The van der Waals surface area contributed by atoms with Crippen molar-refractivity contribution in [2.75, 3.05) is 5.32 Å². The Morgan fingerprint density at radius 1 is 1.33 bits per heavy atom. The monoisotopic (exact) mass is 308 g/mol. The van der Waals surface area contributed by atoms with Crippen LogP contribution in [0.15, 0.2) is 24.3 Å². The summed E-state index contributed by atoms with van der Waals surface area (Å²) in [5, 5.41) is 11.9. The van der Waals surface area contributed by atoms with Crippen molar-refractivity contribution in [3.8, 4) is 11.3 Å². The number of thiazole rings is 1. The third-order valence-electron chi connectivity index (χ3n) is 2.69.